The molecule has 0 bridgehead atoms. The molecule has 1 atom stereocenters. The van der Waals surface area contributed by atoms with Crippen LogP contribution in [0.25, 0.3) is 5.65 Å². The molecule has 0 aliphatic heterocycles. The molecule has 3 aromatic rings. The highest BCUT2D eigenvalue weighted by Crippen LogP contribution is 2.23. The third-order valence-corrected chi connectivity index (χ3v) is 3.67. The number of aromatic nitrogens is 4. The lowest BCUT2D eigenvalue weighted by Gasteiger charge is -2.18. The first kappa shape index (κ1) is 14.3. The monoisotopic (exact) mass is 297 g/mol. The van der Waals surface area contributed by atoms with Crippen molar-refractivity contribution < 1.29 is 4.74 Å². The normalized spacial score (nSPS) is 12.3. The largest absolute Gasteiger partial charge is 0.497 e. The Morgan fingerprint density at radius 1 is 1.14 bits per heavy atom. The van der Waals surface area contributed by atoms with Crippen molar-refractivity contribution in [3.63, 3.8) is 0 Å². The van der Waals surface area contributed by atoms with E-state index in [1.165, 1.54) is 5.56 Å². The Morgan fingerprint density at radius 3 is 2.59 bits per heavy atom. The van der Waals surface area contributed by atoms with Crippen molar-refractivity contribution in [3.8, 4) is 5.75 Å². The molecule has 0 saturated heterocycles. The molecule has 0 saturated carbocycles. The van der Waals surface area contributed by atoms with Gasteiger partial charge in [0.05, 0.1) is 13.2 Å². The minimum atomic E-state index is 0.188. The fraction of sp³-hybridized carbons (Fsp3) is 0.312. The van der Waals surface area contributed by atoms with Crippen LogP contribution in [0, 0.1) is 6.92 Å². The number of hydrogen-bond donors (Lipinski definition) is 1. The summed E-state index contributed by atoms with van der Waals surface area (Å²) >= 11 is 0. The Hall–Kier alpha value is -2.63. The average Bonchev–Trinajstić information content (AvgIpc) is 2.93. The van der Waals surface area contributed by atoms with Gasteiger partial charge >= 0.3 is 0 Å². The maximum Gasteiger partial charge on any atom is 0.178 e. The second-order valence-corrected chi connectivity index (χ2v) is 5.11. The second-order valence-electron chi connectivity index (χ2n) is 5.11. The van der Waals surface area contributed by atoms with Crippen LogP contribution in [-0.2, 0) is 0 Å². The average molecular weight is 297 g/mol. The number of anilines is 1. The summed E-state index contributed by atoms with van der Waals surface area (Å²) in [4.78, 5) is 0. The van der Waals surface area contributed by atoms with Crippen LogP contribution in [0.15, 0.2) is 36.4 Å². The molecule has 22 heavy (non-hydrogen) atoms. The van der Waals surface area contributed by atoms with Crippen LogP contribution in [0.5, 0.6) is 5.75 Å². The molecular weight excluding hydrogens is 278 g/mol. The van der Waals surface area contributed by atoms with E-state index >= 15 is 0 Å². The van der Waals surface area contributed by atoms with E-state index in [1.807, 2.05) is 31.2 Å². The van der Waals surface area contributed by atoms with Crippen LogP contribution in [-0.4, -0.2) is 26.9 Å². The minimum Gasteiger partial charge on any atom is -0.497 e. The number of ether oxygens (including phenoxy) is 1. The van der Waals surface area contributed by atoms with Gasteiger partial charge in [0, 0.05) is 0 Å². The predicted molar refractivity (Wildman–Crippen MR) is 85.2 cm³/mol. The minimum absolute atomic E-state index is 0.188. The van der Waals surface area contributed by atoms with Crippen molar-refractivity contribution in [2.75, 3.05) is 12.4 Å². The van der Waals surface area contributed by atoms with Gasteiger partial charge < -0.3 is 10.1 Å². The summed E-state index contributed by atoms with van der Waals surface area (Å²) in [5.41, 5.74) is 1.95. The maximum atomic E-state index is 5.20. The fourth-order valence-electron chi connectivity index (χ4n) is 2.41. The van der Waals surface area contributed by atoms with Gasteiger partial charge in [0.15, 0.2) is 11.5 Å². The number of nitrogens with one attached hydrogen (secondary N) is 1. The van der Waals surface area contributed by atoms with E-state index < -0.39 is 0 Å². The molecule has 1 N–H and O–H groups in total. The van der Waals surface area contributed by atoms with Crippen molar-refractivity contribution in [1.82, 2.24) is 19.8 Å². The van der Waals surface area contributed by atoms with Gasteiger partial charge in [-0.3, -0.25) is 0 Å². The Bertz CT molecular complexity index is 766. The number of nitrogens with zero attached hydrogens (tertiary/aromatic N) is 4. The number of rotatable bonds is 5. The lowest BCUT2D eigenvalue weighted by Crippen LogP contribution is -2.12. The Balaban J connectivity index is 1.85. The van der Waals surface area contributed by atoms with Crippen molar-refractivity contribution in [2.24, 2.45) is 0 Å². The van der Waals surface area contributed by atoms with Gasteiger partial charge in [-0.1, -0.05) is 19.1 Å². The molecule has 2 aromatic heterocycles. The van der Waals surface area contributed by atoms with Gasteiger partial charge in [0.2, 0.25) is 0 Å². The molecule has 2 heterocycles. The molecule has 114 valence electrons. The van der Waals surface area contributed by atoms with Crippen LogP contribution >= 0.6 is 0 Å². The van der Waals surface area contributed by atoms with E-state index in [0.29, 0.717) is 0 Å². The Kier molecular flexibility index (Phi) is 3.91. The summed E-state index contributed by atoms with van der Waals surface area (Å²) in [7, 11) is 1.67. The standard InChI is InChI=1S/C16H19N5O/c1-4-14(12-5-7-13(22-3)8-6-12)17-15-9-10-16-19-18-11(2)21(16)20-15/h5-10,14H,4H2,1-3H3,(H,17,20)/t14-/m1/s1. The highest BCUT2D eigenvalue weighted by molar-refractivity contribution is 5.45. The molecule has 3 rings (SSSR count). The molecule has 0 spiro atoms. The first-order valence-corrected chi connectivity index (χ1v) is 7.31. The van der Waals surface area contributed by atoms with E-state index in [1.54, 1.807) is 11.6 Å². The summed E-state index contributed by atoms with van der Waals surface area (Å²) in [6, 6.07) is 12.1. The van der Waals surface area contributed by atoms with Crippen molar-refractivity contribution >= 4 is 11.5 Å². The molecular formula is C16H19N5O. The number of methoxy groups -OCH3 is 1. The molecule has 6 nitrogen and oxygen atoms in total. The summed E-state index contributed by atoms with van der Waals surface area (Å²) in [5.74, 6) is 2.44. The smallest absolute Gasteiger partial charge is 0.178 e. The zero-order chi connectivity index (χ0) is 15.5. The van der Waals surface area contributed by atoms with Crippen molar-refractivity contribution in [3.05, 3.63) is 47.8 Å². The maximum absolute atomic E-state index is 5.20. The summed E-state index contributed by atoms with van der Waals surface area (Å²) in [6.07, 6.45) is 0.952. The van der Waals surface area contributed by atoms with E-state index in [9.17, 15) is 0 Å². The van der Waals surface area contributed by atoms with Crippen molar-refractivity contribution in [1.29, 1.82) is 0 Å². The lowest BCUT2D eigenvalue weighted by molar-refractivity contribution is 0.414. The summed E-state index contributed by atoms with van der Waals surface area (Å²) in [6.45, 7) is 4.03. The highest BCUT2D eigenvalue weighted by Gasteiger charge is 2.11. The molecule has 6 heteroatoms. The number of fused-ring (bicyclic) bond motifs is 1. The summed E-state index contributed by atoms with van der Waals surface area (Å²) < 4.78 is 6.94. The van der Waals surface area contributed by atoms with Gasteiger partial charge in [-0.15, -0.1) is 15.3 Å². The van der Waals surface area contributed by atoms with Gasteiger partial charge in [-0.25, -0.2) is 0 Å². The molecule has 0 unspecified atom stereocenters. The zero-order valence-electron chi connectivity index (χ0n) is 12.9. The van der Waals surface area contributed by atoms with Crippen LogP contribution in [0.2, 0.25) is 0 Å². The predicted octanol–water partition coefficient (Wildman–Crippen LogP) is 3.00. The van der Waals surface area contributed by atoms with Crippen LogP contribution in [0.4, 0.5) is 5.82 Å². The fourth-order valence-corrected chi connectivity index (χ4v) is 2.41. The Labute approximate surface area is 129 Å². The Morgan fingerprint density at radius 2 is 1.91 bits per heavy atom. The van der Waals surface area contributed by atoms with Crippen molar-refractivity contribution in [2.45, 2.75) is 26.3 Å². The first-order valence-electron chi connectivity index (χ1n) is 7.31. The van der Waals surface area contributed by atoms with Crippen LogP contribution in [0.1, 0.15) is 30.8 Å². The zero-order valence-corrected chi connectivity index (χ0v) is 12.9. The van der Waals surface area contributed by atoms with Gasteiger partial charge in [-0.2, -0.15) is 4.52 Å². The molecule has 1 aromatic carbocycles. The molecule has 0 radical (unpaired) electrons. The third-order valence-electron chi connectivity index (χ3n) is 3.67. The van der Waals surface area contributed by atoms with Gasteiger partial charge in [0.25, 0.3) is 0 Å². The molecule has 0 aliphatic carbocycles. The number of aryl methyl sites for hydroxylation is 1. The highest BCUT2D eigenvalue weighted by atomic mass is 16.5. The van der Waals surface area contributed by atoms with E-state index in [2.05, 4.69) is 39.7 Å². The van der Waals surface area contributed by atoms with E-state index in [0.717, 1.165) is 29.5 Å². The molecule has 0 aliphatic rings. The molecule has 0 amide bonds. The summed E-state index contributed by atoms with van der Waals surface area (Å²) in [5, 5.41) is 16.1. The first-order chi connectivity index (χ1) is 10.7. The SMILES string of the molecule is CC[C@@H](Nc1ccc2nnc(C)n2n1)c1ccc(OC)cc1. The van der Waals surface area contributed by atoms with E-state index in [-0.39, 0.29) is 6.04 Å². The quantitative estimate of drug-likeness (QED) is 0.784. The third kappa shape index (κ3) is 2.72. The number of benzene rings is 1. The number of hydrogen-bond acceptors (Lipinski definition) is 5. The van der Waals surface area contributed by atoms with Crippen LogP contribution < -0.4 is 10.1 Å². The topological polar surface area (TPSA) is 64.3 Å². The van der Waals surface area contributed by atoms with Gasteiger partial charge in [0.1, 0.15) is 11.6 Å². The van der Waals surface area contributed by atoms with E-state index in [4.69, 9.17) is 4.74 Å². The molecule has 0 fully saturated rings. The van der Waals surface area contributed by atoms with Gasteiger partial charge in [-0.05, 0) is 43.2 Å². The van der Waals surface area contributed by atoms with Crippen LogP contribution in [0.3, 0.4) is 0 Å². The second kappa shape index (κ2) is 6.01. The lowest BCUT2D eigenvalue weighted by atomic mass is 10.0.